The number of amidine groups is 1. The smallest absolute Gasteiger partial charge is 0.258 e. The predicted octanol–water partition coefficient (Wildman–Crippen LogP) is 3.07. The Morgan fingerprint density at radius 1 is 1.07 bits per heavy atom. The number of nitrogens with two attached hydrogens (primary N) is 1. The monoisotopic (exact) mass is 428 g/mol. The third kappa shape index (κ3) is 5.74. The largest absolute Gasteiger partial charge is 0.484 e. The van der Waals surface area contributed by atoms with E-state index >= 15 is 0 Å². The normalized spacial score (nSPS) is 16.2. The zero-order valence-electron chi connectivity index (χ0n) is 17.0. The van der Waals surface area contributed by atoms with Gasteiger partial charge in [0, 0.05) is 11.6 Å². The van der Waals surface area contributed by atoms with Crippen LogP contribution in [0, 0.1) is 0 Å². The van der Waals surface area contributed by atoms with Crippen molar-refractivity contribution < 1.29 is 9.53 Å². The maximum absolute atomic E-state index is 12.0. The first-order chi connectivity index (χ1) is 14.2. The number of hydrazine groups is 1. The van der Waals surface area contributed by atoms with Gasteiger partial charge in [-0.15, -0.1) is 12.4 Å². The van der Waals surface area contributed by atoms with E-state index in [0.29, 0.717) is 11.8 Å². The van der Waals surface area contributed by atoms with Gasteiger partial charge in [-0.3, -0.25) is 14.8 Å². The molecule has 3 N–H and O–H groups in total. The summed E-state index contributed by atoms with van der Waals surface area (Å²) in [6, 6.07) is 16.6. The van der Waals surface area contributed by atoms with E-state index in [1.54, 1.807) is 5.01 Å². The van der Waals surface area contributed by atoms with Crippen LogP contribution < -0.4 is 15.9 Å². The van der Waals surface area contributed by atoms with Crippen molar-refractivity contribution in [2.45, 2.75) is 38.1 Å². The van der Waals surface area contributed by atoms with Crippen LogP contribution in [-0.2, 0) is 11.2 Å². The Morgan fingerprint density at radius 3 is 2.30 bits per heavy atom. The van der Waals surface area contributed by atoms with Crippen LogP contribution in [0.25, 0.3) is 0 Å². The number of hydrogen-bond acceptors (Lipinski definition) is 5. The molecule has 0 bridgehead atoms. The molecule has 1 aliphatic heterocycles. The van der Waals surface area contributed by atoms with Crippen molar-refractivity contribution in [3.05, 3.63) is 65.2 Å². The van der Waals surface area contributed by atoms with Gasteiger partial charge in [0.05, 0.1) is 13.1 Å². The van der Waals surface area contributed by atoms with Crippen LogP contribution in [-0.4, -0.2) is 42.5 Å². The summed E-state index contributed by atoms with van der Waals surface area (Å²) in [4.78, 5) is 16.4. The Balaban J connectivity index is 0.00000256. The SMILES string of the molecule is Cl.NN1CCN=C1c1ccc(Cc2ccc(OCC(=O)NC3CCCC3)cc2)cc1. The van der Waals surface area contributed by atoms with E-state index in [9.17, 15) is 4.79 Å². The van der Waals surface area contributed by atoms with Crippen LogP contribution >= 0.6 is 12.4 Å². The number of rotatable bonds is 7. The minimum Gasteiger partial charge on any atom is -0.484 e. The highest BCUT2D eigenvalue weighted by molar-refractivity contribution is 5.99. The number of benzene rings is 2. The fourth-order valence-corrected chi connectivity index (χ4v) is 3.92. The lowest BCUT2D eigenvalue weighted by Crippen LogP contribution is -2.36. The van der Waals surface area contributed by atoms with Crippen molar-refractivity contribution in [1.82, 2.24) is 10.3 Å². The first-order valence-electron chi connectivity index (χ1n) is 10.3. The van der Waals surface area contributed by atoms with E-state index in [2.05, 4.69) is 34.6 Å². The lowest BCUT2D eigenvalue weighted by Gasteiger charge is -2.13. The van der Waals surface area contributed by atoms with Gasteiger partial charge in [0.1, 0.15) is 11.6 Å². The number of aliphatic imine (C=N–C) groups is 1. The molecule has 1 heterocycles. The number of amides is 1. The Kier molecular flexibility index (Phi) is 7.71. The lowest BCUT2D eigenvalue weighted by molar-refractivity contribution is -0.123. The minimum absolute atomic E-state index is 0. The number of carbonyl (C=O) groups is 1. The van der Waals surface area contributed by atoms with Crippen molar-refractivity contribution in [3.63, 3.8) is 0 Å². The van der Waals surface area contributed by atoms with Crippen LogP contribution in [0.5, 0.6) is 5.75 Å². The molecular weight excluding hydrogens is 400 g/mol. The fraction of sp³-hybridized carbons (Fsp3) is 0.391. The second-order valence-corrected chi connectivity index (χ2v) is 7.75. The molecule has 1 saturated carbocycles. The average Bonchev–Trinajstić information content (AvgIpc) is 3.40. The molecule has 0 spiro atoms. The number of hydrogen-bond donors (Lipinski definition) is 2. The molecule has 2 aromatic rings. The first-order valence-corrected chi connectivity index (χ1v) is 10.3. The van der Waals surface area contributed by atoms with E-state index in [4.69, 9.17) is 10.6 Å². The number of carbonyl (C=O) groups excluding carboxylic acids is 1. The molecule has 0 atom stereocenters. The fourth-order valence-electron chi connectivity index (χ4n) is 3.92. The maximum Gasteiger partial charge on any atom is 0.258 e. The van der Waals surface area contributed by atoms with Crippen LogP contribution in [0.1, 0.15) is 42.4 Å². The van der Waals surface area contributed by atoms with Gasteiger partial charge in [-0.2, -0.15) is 0 Å². The van der Waals surface area contributed by atoms with Gasteiger partial charge >= 0.3 is 0 Å². The Morgan fingerprint density at radius 2 is 1.70 bits per heavy atom. The molecule has 1 fully saturated rings. The van der Waals surface area contributed by atoms with Gasteiger partial charge in [-0.25, -0.2) is 5.84 Å². The number of halogens is 1. The van der Waals surface area contributed by atoms with E-state index in [0.717, 1.165) is 43.8 Å². The molecular formula is C23H29ClN4O2. The second-order valence-electron chi connectivity index (χ2n) is 7.75. The Labute approximate surface area is 183 Å². The quantitative estimate of drug-likeness (QED) is 0.664. The van der Waals surface area contributed by atoms with Crippen molar-refractivity contribution >= 4 is 24.1 Å². The van der Waals surface area contributed by atoms with Crippen molar-refractivity contribution in [1.29, 1.82) is 0 Å². The third-order valence-corrected chi connectivity index (χ3v) is 5.51. The molecule has 0 radical (unpaired) electrons. The molecule has 6 nitrogen and oxygen atoms in total. The predicted molar refractivity (Wildman–Crippen MR) is 121 cm³/mol. The summed E-state index contributed by atoms with van der Waals surface area (Å²) in [6.07, 6.45) is 5.41. The molecule has 0 unspecified atom stereocenters. The summed E-state index contributed by atoms with van der Waals surface area (Å²) in [6.45, 7) is 1.59. The molecule has 1 aliphatic carbocycles. The van der Waals surface area contributed by atoms with E-state index in [1.807, 2.05) is 24.3 Å². The summed E-state index contributed by atoms with van der Waals surface area (Å²) in [7, 11) is 0. The van der Waals surface area contributed by atoms with Gasteiger partial charge in [-0.05, 0) is 42.5 Å². The molecule has 30 heavy (non-hydrogen) atoms. The summed E-state index contributed by atoms with van der Waals surface area (Å²) in [5, 5.41) is 4.73. The number of nitrogens with zero attached hydrogens (tertiary/aromatic N) is 2. The number of ether oxygens (including phenoxy) is 1. The second kappa shape index (κ2) is 10.5. The van der Waals surface area contributed by atoms with Crippen LogP contribution in [0.4, 0.5) is 0 Å². The molecule has 2 aromatic carbocycles. The summed E-state index contributed by atoms with van der Waals surface area (Å²) < 4.78 is 5.62. The molecule has 7 heteroatoms. The summed E-state index contributed by atoms with van der Waals surface area (Å²) in [5.74, 6) is 7.47. The zero-order valence-corrected chi connectivity index (χ0v) is 17.9. The third-order valence-electron chi connectivity index (χ3n) is 5.51. The van der Waals surface area contributed by atoms with E-state index < -0.39 is 0 Å². The summed E-state index contributed by atoms with van der Waals surface area (Å²) in [5.41, 5.74) is 3.47. The summed E-state index contributed by atoms with van der Waals surface area (Å²) >= 11 is 0. The van der Waals surface area contributed by atoms with Gasteiger partial charge in [0.25, 0.3) is 5.91 Å². The van der Waals surface area contributed by atoms with Crippen LogP contribution in [0.15, 0.2) is 53.5 Å². The highest BCUT2D eigenvalue weighted by atomic mass is 35.5. The molecule has 2 aliphatic rings. The highest BCUT2D eigenvalue weighted by Gasteiger charge is 2.17. The Bertz CT molecular complexity index is 862. The van der Waals surface area contributed by atoms with Crippen LogP contribution in [0.3, 0.4) is 0 Å². The van der Waals surface area contributed by atoms with Gasteiger partial charge in [0.15, 0.2) is 6.61 Å². The van der Waals surface area contributed by atoms with E-state index in [-0.39, 0.29) is 24.9 Å². The van der Waals surface area contributed by atoms with Gasteiger partial charge < -0.3 is 10.1 Å². The van der Waals surface area contributed by atoms with Crippen molar-refractivity contribution in [3.8, 4) is 5.75 Å². The first kappa shape index (κ1) is 22.1. The van der Waals surface area contributed by atoms with Crippen molar-refractivity contribution in [2.24, 2.45) is 10.8 Å². The van der Waals surface area contributed by atoms with Gasteiger partial charge in [0.2, 0.25) is 0 Å². The Hall–Kier alpha value is -2.57. The lowest BCUT2D eigenvalue weighted by atomic mass is 10.0. The number of nitrogens with one attached hydrogen (secondary N) is 1. The molecule has 160 valence electrons. The topological polar surface area (TPSA) is 79.9 Å². The molecule has 0 saturated heterocycles. The minimum atomic E-state index is -0.0380. The molecule has 0 aromatic heterocycles. The standard InChI is InChI=1S/C23H28N4O2.ClH/c24-27-14-13-25-23(27)19-9-5-17(6-10-19)15-18-7-11-21(12-8-18)29-16-22(28)26-20-3-1-2-4-20;/h5-12,20H,1-4,13-16,24H2,(H,26,28);1H. The van der Waals surface area contributed by atoms with Gasteiger partial charge in [-0.1, -0.05) is 49.2 Å². The molecule has 1 amide bonds. The highest BCUT2D eigenvalue weighted by Crippen LogP contribution is 2.18. The van der Waals surface area contributed by atoms with E-state index in [1.165, 1.54) is 24.0 Å². The van der Waals surface area contributed by atoms with Crippen molar-refractivity contribution in [2.75, 3.05) is 19.7 Å². The van der Waals surface area contributed by atoms with Crippen LogP contribution in [0.2, 0.25) is 0 Å². The maximum atomic E-state index is 12.0. The zero-order chi connectivity index (χ0) is 20.1. The molecule has 4 rings (SSSR count). The average molecular weight is 429 g/mol.